The number of hydrogen-bond donors (Lipinski definition) is 1. The van der Waals surface area contributed by atoms with Gasteiger partial charge in [-0.3, -0.25) is 0 Å². The van der Waals surface area contributed by atoms with E-state index in [0.717, 1.165) is 25.7 Å². The zero-order chi connectivity index (χ0) is 29.0. The van der Waals surface area contributed by atoms with Crippen molar-refractivity contribution in [1.29, 1.82) is 0 Å². The number of methoxy groups -OCH3 is 3. The smallest absolute Gasteiger partial charge is 0.330 e. The molecule has 0 spiro atoms. The highest BCUT2D eigenvalue weighted by Gasteiger charge is 2.38. The summed E-state index contributed by atoms with van der Waals surface area (Å²) < 4.78 is 32.7. The first-order valence-electron chi connectivity index (χ1n) is 14.2. The summed E-state index contributed by atoms with van der Waals surface area (Å²) >= 11 is 0. The number of rotatable bonds is 23. The van der Waals surface area contributed by atoms with Crippen molar-refractivity contribution in [3.05, 3.63) is 12.2 Å². The minimum atomic E-state index is -1.67. The Kier molecular flexibility index (Phi) is 20.6. The van der Waals surface area contributed by atoms with Crippen LogP contribution in [0.25, 0.3) is 0 Å². The Labute approximate surface area is 233 Å². The van der Waals surface area contributed by atoms with Crippen molar-refractivity contribution in [2.75, 3.05) is 34.9 Å². The Morgan fingerprint density at radius 2 is 1.34 bits per heavy atom. The summed E-state index contributed by atoms with van der Waals surface area (Å²) in [6, 6.07) is 0. The van der Waals surface area contributed by atoms with Crippen molar-refractivity contribution in [2.45, 2.75) is 134 Å². The van der Waals surface area contributed by atoms with E-state index in [1.54, 1.807) is 7.11 Å². The van der Waals surface area contributed by atoms with Gasteiger partial charge in [-0.2, -0.15) is 0 Å². The minimum absolute atomic E-state index is 0.00181. The minimum Gasteiger partial charge on any atom is -0.466 e. The van der Waals surface area contributed by atoms with Crippen LogP contribution in [0.4, 0.5) is 0 Å². The van der Waals surface area contributed by atoms with Crippen LogP contribution in [0.3, 0.4) is 0 Å². The summed E-state index contributed by atoms with van der Waals surface area (Å²) in [6.45, 7) is 13.8. The van der Waals surface area contributed by atoms with Crippen LogP contribution >= 0.6 is 0 Å². The zero-order valence-corrected chi connectivity index (χ0v) is 26.8. The Morgan fingerprint density at radius 1 is 0.842 bits per heavy atom. The van der Waals surface area contributed by atoms with Gasteiger partial charge >= 0.3 is 5.97 Å². The molecule has 0 aliphatic heterocycles. The molecule has 0 saturated carbocycles. The van der Waals surface area contributed by atoms with E-state index < -0.39 is 32.6 Å². The number of unbranched alkanes of at least 4 members (excludes halogenated alkanes) is 7. The average molecular weight is 563 g/mol. The molecule has 0 aliphatic carbocycles. The van der Waals surface area contributed by atoms with E-state index in [1.165, 1.54) is 58.5 Å². The molecular weight excluding hydrogens is 504 g/mol. The standard InChI is InChI=1S/C29H58O8Si/c1-24(37-38(8,9)29(2,3)4)18-16-14-12-10-11-13-15-17-19-26(35-22-32-5)28(36-23-33-6)25(30)20-21-27(31)34-7/h20-21,24-26,28,30H,10-19,22-23H2,1-9H3/b21-20+/t24-,25+,26+,28-/m0/s1. The maximum Gasteiger partial charge on any atom is 0.330 e. The molecule has 1 N–H and O–H groups in total. The van der Waals surface area contributed by atoms with Crippen LogP contribution < -0.4 is 0 Å². The Bertz CT molecular complexity index is 620. The lowest BCUT2D eigenvalue weighted by molar-refractivity contribution is -0.180. The number of carbonyl (C=O) groups excluding carboxylic acids is 1. The van der Waals surface area contributed by atoms with E-state index >= 15 is 0 Å². The Morgan fingerprint density at radius 3 is 1.84 bits per heavy atom. The molecule has 0 bridgehead atoms. The molecule has 0 unspecified atom stereocenters. The molecule has 8 nitrogen and oxygen atoms in total. The van der Waals surface area contributed by atoms with Gasteiger partial charge in [0, 0.05) is 26.4 Å². The molecule has 0 aromatic carbocycles. The van der Waals surface area contributed by atoms with Gasteiger partial charge in [0.2, 0.25) is 0 Å². The molecule has 4 atom stereocenters. The predicted octanol–water partition coefficient (Wildman–Crippen LogP) is 6.37. The summed E-state index contributed by atoms with van der Waals surface area (Å²) in [7, 11) is 2.68. The van der Waals surface area contributed by atoms with Crippen LogP contribution in [0.15, 0.2) is 12.2 Å². The molecule has 0 aromatic rings. The van der Waals surface area contributed by atoms with Gasteiger partial charge in [0.15, 0.2) is 8.32 Å². The molecule has 0 saturated heterocycles. The van der Waals surface area contributed by atoms with Crippen LogP contribution in [0.2, 0.25) is 18.1 Å². The summed E-state index contributed by atoms with van der Waals surface area (Å²) in [5.74, 6) is -0.544. The number of aliphatic hydroxyl groups is 1. The topological polar surface area (TPSA) is 92.7 Å². The van der Waals surface area contributed by atoms with Gasteiger partial charge in [-0.1, -0.05) is 72.1 Å². The molecule has 226 valence electrons. The van der Waals surface area contributed by atoms with Crippen molar-refractivity contribution < 1.29 is 38.0 Å². The average Bonchev–Trinajstić information content (AvgIpc) is 2.85. The summed E-state index contributed by atoms with van der Waals surface area (Å²) in [5, 5.41) is 10.9. The van der Waals surface area contributed by atoms with Gasteiger partial charge in [-0.15, -0.1) is 0 Å². The number of hydrogen-bond acceptors (Lipinski definition) is 8. The lowest BCUT2D eigenvalue weighted by atomic mass is 9.99. The second kappa shape index (κ2) is 21.0. The maximum atomic E-state index is 11.4. The van der Waals surface area contributed by atoms with E-state index in [0.29, 0.717) is 12.5 Å². The molecule has 38 heavy (non-hydrogen) atoms. The SMILES string of the molecule is COCO[C@@H]([C@H](O)/C=C/C(=O)OC)[C@@H](CCCCCCCCCC[C@H](C)O[Si](C)(C)C(C)(C)C)OCOC. The molecule has 0 heterocycles. The predicted molar refractivity (Wildman–Crippen MR) is 155 cm³/mol. The van der Waals surface area contributed by atoms with Crippen molar-refractivity contribution in [1.82, 2.24) is 0 Å². The molecule has 0 fully saturated rings. The fourth-order valence-corrected chi connectivity index (χ4v) is 5.48. The van der Waals surface area contributed by atoms with Crippen LogP contribution in [-0.4, -0.2) is 78.7 Å². The molecule has 0 radical (unpaired) electrons. The quantitative estimate of drug-likeness (QED) is 0.0505. The molecule has 0 amide bonds. The van der Waals surface area contributed by atoms with Crippen LogP contribution in [0.5, 0.6) is 0 Å². The van der Waals surface area contributed by atoms with Gasteiger partial charge in [-0.25, -0.2) is 4.79 Å². The number of carbonyl (C=O) groups is 1. The normalized spacial score (nSPS) is 15.9. The first-order chi connectivity index (χ1) is 17.9. The summed E-state index contributed by atoms with van der Waals surface area (Å²) in [6.07, 6.45) is 12.0. The van der Waals surface area contributed by atoms with E-state index in [1.807, 2.05) is 0 Å². The summed E-state index contributed by atoms with van der Waals surface area (Å²) in [4.78, 5) is 11.4. The van der Waals surface area contributed by atoms with E-state index in [4.69, 9.17) is 23.4 Å². The van der Waals surface area contributed by atoms with Crippen molar-refractivity contribution in [3.8, 4) is 0 Å². The molecule has 9 heteroatoms. The van der Waals surface area contributed by atoms with Gasteiger partial charge in [0.1, 0.15) is 25.8 Å². The molecule has 0 aliphatic rings. The fraction of sp³-hybridized carbons (Fsp3) is 0.897. The highest BCUT2D eigenvalue weighted by atomic mass is 28.4. The first kappa shape index (κ1) is 37.2. The third-order valence-corrected chi connectivity index (χ3v) is 11.9. The fourth-order valence-electron chi connectivity index (χ4n) is 4.00. The first-order valence-corrected chi connectivity index (χ1v) is 17.1. The molecular formula is C29H58O8Si. The monoisotopic (exact) mass is 562 g/mol. The third-order valence-electron chi connectivity index (χ3n) is 7.26. The number of aliphatic hydroxyl groups excluding tert-OH is 1. The lowest BCUT2D eigenvalue weighted by Gasteiger charge is -2.38. The third kappa shape index (κ3) is 17.0. The maximum absolute atomic E-state index is 11.4. The van der Waals surface area contributed by atoms with Gasteiger partial charge in [0.25, 0.3) is 0 Å². The Balaban J connectivity index is 4.36. The van der Waals surface area contributed by atoms with Crippen LogP contribution in [-0.2, 0) is 32.9 Å². The van der Waals surface area contributed by atoms with E-state index in [9.17, 15) is 9.90 Å². The highest BCUT2D eigenvalue weighted by Crippen LogP contribution is 2.37. The van der Waals surface area contributed by atoms with Crippen molar-refractivity contribution >= 4 is 14.3 Å². The molecule has 0 rings (SSSR count). The van der Waals surface area contributed by atoms with Gasteiger partial charge in [-0.05, 0) is 44.0 Å². The van der Waals surface area contributed by atoms with E-state index in [2.05, 4.69) is 45.5 Å². The van der Waals surface area contributed by atoms with Gasteiger partial charge in [0.05, 0.1) is 13.2 Å². The number of esters is 1. The second-order valence-corrected chi connectivity index (χ2v) is 16.4. The van der Waals surface area contributed by atoms with Crippen LogP contribution in [0.1, 0.15) is 91.9 Å². The van der Waals surface area contributed by atoms with Gasteiger partial charge < -0.3 is 33.2 Å². The molecule has 0 aromatic heterocycles. The second-order valence-electron chi connectivity index (χ2n) is 11.6. The Hall–Kier alpha value is -0.813. The zero-order valence-electron chi connectivity index (χ0n) is 25.8. The van der Waals surface area contributed by atoms with Crippen molar-refractivity contribution in [2.24, 2.45) is 0 Å². The van der Waals surface area contributed by atoms with Crippen molar-refractivity contribution in [3.63, 3.8) is 0 Å². The largest absolute Gasteiger partial charge is 0.466 e. The van der Waals surface area contributed by atoms with Crippen LogP contribution in [0, 0.1) is 0 Å². The summed E-state index contributed by atoms with van der Waals surface area (Å²) in [5.41, 5.74) is 0. The number of ether oxygens (including phenoxy) is 5. The van der Waals surface area contributed by atoms with E-state index in [-0.39, 0.29) is 18.6 Å². The highest BCUT2D eigenvalue weighted by molar-refractivity contribution is 6.74. The lowest BCUT2D eigenvalue weighted by Crippen LogP contribution is -2.43.